The van der Waals surface area contributed by atoms with Crippen LogP contribution in [0.1, 0.15) is 25.8 Å². The van der Waals surface area contributed by atoms with Crippen molar-refractivity contribution in [2.75, 3.05) is 12.4 Å². The maximum atomic E-state index is 13.0. The van der Waals surface area contributed by atoms with Crippen LogP contribution in [0.5, 0.6) is 5.75 Å². The first-order chi connectivity index (χ1) is 14.5. The van der Waals surface area contributed by atoms with E-state index >= 15 is 0 Å². The monoisotopic (exact) mass is 422 g/mol. The fourth-order valence-corrected chi connectivity index (χ4v) is 4.39. The lowest BCUT2D eigenvalue weighted by Gasteiger charge is -2.27. The van der Waals surface area contributed by atoms with Crippen molar-refractivity contribution < 1.29 is 14.3 Å². The number of para-hydroxylation sites is 3. The third kappa shape index (κ3) is 3.59. The smallest absolute Gasteiger partial charge is 0.258 e. The Kier molecular flexibility index (Phi) is 5.59. The second-order valence-corrected chi connectivity index (χ2v) is 8.09. The van der Waals surface area contributed by atoms with E-state index in [1.165, 1.54) is 16.7 Å². The first kappa shape index (κ1) is 20.2. The fraction of sp³-hybridized carbons (Fsp3) is 0.273. The van der Waals surface area contributed by atoms with Gasteiger partial charge in [-0.05, 0) is 37.6 Å². The zero-order valence-electron chi connectivity index (χ0n) is 17.0. The number of aliphatic imine (C=N–C) groups is 2. The van der Waals surface area contributed by atoms with E-state index in [1.807, 2.05) is 43.3 Å². The van der Waals surface area contributed by atoms with Gasteiger partial charge in [0.2, 0.25) is 5.91 Å². The van der Waals surface area contributed by atoms with Crippen molar-refractivity contribution in [3.63, 3.8) is 0 Å². The maximum Gasteiger partial charge on any atom is 0.258 e. The molecule has 2 aromatic carbocycles. The van der Waals surface area contributed by atoms with Crippen LogP contribution in [0.25, 0.3) is 0 Å². The first-order valence-corrected chi connectivity index (χ1v) is 10.6. The van der Waals surface area contributed by atoms with Crippen molar-refractivity contribution in [1.82, 2.24) is 4.90 Å². The molecule has 2 aliphatic rings. The molecule has 0 saturated heterocycles. The highest BCUT2D eigenvalue weighted by atomic mass is 32.2. The van der Waals surface area contributed by atoms with Crippen LogP contribution < -0.4 is 10.1 Å². The number of nitrogens with zero attached hydrogens (tertiary/aromatic N) is 3. The summed E-state index contributed by atoms with van der Waals surface area (Å²) in [6.07, 6.45) is 0.566. The summed E-state index contributed by atoms with van der Waals surface area (Å²) >= 11 is 1.27. The number of carbonyl (C=O) groups is 2. The molecule has 2 aliphatic heterocycles. The molecule has 30 heavy (non-hydrogen) atoms. The van der Waals surface area contributed by atoms with Gasteiger partial charge in [0.15, 0.2) is 5.17 Å². The summed E-state index contributed by atoms with van der Waals surface area (Å²) < 4.78 is 5.32. The molecular formula is C22H22N4O3S. The summed E-state index contributed by atoms with van der Waals surface area (Å²) in [4.78, 5) is 36.5. The molecule has 154 valence electrons. The van der Waals surface area contributed by atoms with Gasteiger partial charge in [-0.1, -0.05) is 43.0 Å². The van der Waals surface area contributed by atoms with Crippen LogP contribution in [0.3, 0.4) is 0 Å². The van der Waals surface area contributed by atoms with Gasteiger partial charge in [0, 0.05) is 5.56 Å². The molecule has 7 nitrogen and oxygen atoms in total. The van der Waals surface area contributed by atoms with Crippen molar-refractivity contribution in [3.05, 3.63) is 54.1 Å². The summed E-state index contributed by atoms with van der Waals surface area (Å²) in [5.41, 5.74) is 2.18. The Morgan fingerprint density at radius 3 is 2.73 bits per heavy atom. The van der Waals surface area contributed by atoms with Gasteiger partial charge in [0.25, 0.3) is 5.91 Å². The minimum Gasteiger partial charge on any atom is -0.495 e. The number of methoxy groups -OCH3 is 1. The Morgan fingerprint density at radius 1 is 1.23 bits per heavy atom. The van der Waals surface area contributed by atoms with Gasteiger partial charge in [0.05, 0.1) is 23.7 Å². The van der Waals surface area contributed by atoms with Crippen LogP contribution in [0.15, 0.2) is 58.5 Å². The molecule has 8 heteroatoms. The minimum atomic E-state index is -0.473. The van der Waals surface area contributed by atoms with Crippen molar-refractivity contribution in [1.29, 1.82) is 0 Å². The summed E-state index contributed by atoms with van der Waals surface area (Å²) in [6.45, 7) is 3.70. The van der Waals surface area contributed by atoms with Gasteiger partial charge in [0.1, 0.15) is 17.6 Å². The molecule has 2 heterocycles. The Bertz CT molecular complexity index is 1070. The fourth-order valence-electron chi connectivity index (χ4n) is 3.37. The average molecular weight is 423 g/mol. The molecule has 2 atom stereocenters. The second kappa shape index (κ2) is 8.31. The molecular weight excluding hydrogens is 400 g/mol. The number of anilines is 1. The summed E-state index contributed by atoms with van der Waals surface area (Å²) in [5.74, 6) is 0.880. The van der Waals surface area contributed by atoms with Gasteiger partial charge >= 0.3 is 0 Å². The number of benzene rings is 2. The molecule has 0 aliphatic carbocycles. The number of amidine groups is 2. The number of hydrogen-bond donors (Lipinski definition) is 1. The number of carbonyl (C=O) groups excluding carboxylic acids is 2. The van der Waals surface area contributed by atoms with Crippen molar-refractivity contribution in [2.24, 2.45) is 9.98 Å². The number of nitrogens with one attached hydrogen (secondary N) is 1. The van der Waals surface area contributed by atoms with Crippen LogP contribution in [0.4, 0.5) is 11.4 Å². The standard InChI is InChI=1S/C22H22N4O3S/c1-4-18(20(27)24-16-11-7-8-12-17(16)29-3)30-22-25-15-10-6-5-9-14(15)19-23-13(2)21(28)26(19)22/h5-13,18H,4H2,1-3H3,(H,24,27)/t13-,18+/m1/s1. The van der Waals surface area contributed by atoms with Crippen molar-refractivity contribution in [3.8, 4) is 5.75 Å². The Morgan fingerprint density at radius 2 is 1.97 bits per heavy atom. The Balaban J connectivity index is 1.61. The molecule has 1 N–H and O–H groups in total. The summed E-state index contributed by atoms with van der Waals surface area (Å²) in [7, 11) is 1.56. The Labute approximate surface area is 179 Å². The van der Waals surface area contributed by atoms with Gasteiger partial charge < -0.3 is 10.1 Å². The van der Waals surface area contributed by atoms with Crippen LogP contribution in [-0.4, -0.2) is 46.1 Å². The van der Waals surface area contributed by atoms with E-state index in [2.05, 4.69) is 15.3 Å². The van der Waals surface area contributed by atoms with E-state index in [-0.39, 0.29) is 11.8 Å². The van der Waals surface area contributed by atoms with Gasteiger partial charge in [-0.25, -0.2) is 9.89 Å². The second-order valence-electron chi connectivity index (χ2n) is 6.92. The highest BCUT2D eigenvalue weighted by molar-refractivity contribution is 8.15. The molecule has 0 radical (unpaired) electrons. The third-order valence-corrected chi connectivity index (χ3v) is 6.25. The van der Waals surface area contributed by atoms with E-state index in [0.717, 1.165) is 11.3 Å². The van der Waals surface area contributed by atoms with Crippen LogP contribution in [-0.2, 0) is 9.59 Å². The Hall–Kier alpha value is -3.13. The zero-order chi connectivity index (χ0) is 21.3. The normalized spacial score (nSPS) is 18.2. The van der Waals surface area contributed by atoms with Crippen LogP contribution >= 0.6 is 11.8 Å². The summed E-state index contributed by atoms with van der Waals surface area (Å²) in [6, 6.07) is 14.4. The molecule has 0 fully saturated rings. The number of fused-ring (bicyclic) bond motifs is 3. The molecule has 0 aromatic heterocycles. The molecule has 0 unspecified atom stereocenters. The lowest BCUT2D eigenvalue weighted by molar-refractivity contribution is -0.124. The van der Waals surface area contributed by atoms with E-state index in [0.29, 0.717) is 28.9 Å². The molecule has 0 bridgehead atoms. The average Bonchev–Trinajstić information content (AvgIpc) is 3.07. The lowest BCUT2D eigenvalue weighted by atomic mass is 10.1. The predicted molar refractivity (Wildman–Crippen MR) is 120 cm³/mol. The maximum absolute atomic E-state index is 13.0. The highest BCUT2D eigenvalue weighted by Gasteiger charge is 2.40. The zero-order valence-corrected chi connectivity index (χ0v) is 17.8. The molecule has 0 spiro atoms. The van der Waals surface area contributed by atoms with E-state index < -0.39 is 11.3 Å². The van der Waals surface area contributed by atoms with Crippen LogP contribution in [0, 0.1) is 0 Å². The van der Waals surface area contributed by atoms with E-state index in [4.69, 9.17) is 4.74 Å². The highest BCUT2D eigenvalue weighted by Crippen LogP contribution is 2.35. The number of thioether (sulfide) groups is 1. The van der Waals surface area contributed by atoms with Crippen molar-refractivity contribution in [2.45, 2.75) is 31.6 Å². The quantitative estimate of drug-likeness (QED) is 0.794. The topological polar surface area (TPSA) is 83.4 Å². The SMILES string of the molecule is CC[C@H](SC1=Nc2ccccc2C2=N[C@H](C)C(=O)N12)C(=O)Nc1ccccc1OC. The lowest BCUT2D eigenvalue weighted by Crippen LogP contribution is -2.42. The molecule has 2 amide bonds. The predicted octanol–water partition coefficient (Wildman–Crippen LogP) is 3.82. The molecule has 0 saturated carbocycles. The number of rotatable bonds is 5. The van der Waals surface area contributed by atoms with Gasteiger partial charge in [-0.3, -0.25) is 14.6 Å². The third-order valence-electron chi connectivity index (χ3n) is 4.93. The number of ether oxygens (including phenoxy) is 1. The van der Waals surface area contributed by atoms with Crippen LogP contribution in [0.2, 0.25) is 0 Å². The number of amides is 2. The van der Waals surface area contributed by atoms with Gasteiger partial charge in [-0.15, -0.1) is 0 Å². The summed E-state index contributed by atoms with van der Waals surface area (Å²) in [5, 5.41) is 2.96. The van der Waals surface area contributed by atoms with Crippen molar-refractivity contribution >= 4 is 46.0 Å². The van der Waals surface area contributed by atoms with Gasteiger partial charge in [-0.2, -0.15) is 0 Å². The first-order valence-electron chi connectivity index (χ1n) is 9.74. The molecule has 2 aromatic rings. The largest absolute Gasteiger partial charge is 0.495 e. The van der Waals surface area contributed by atoms with E-state index in [9.17, 15) is 9.59 Å². The molecule has 4 rings (SSSR count). The van der Waals surface area contributed by atoms with E-state index in [1.54, 1.807) is 26.2 Å². The number of hydrogen-bond acceptors (Lipinski definition) is 6. The minimum absolute atomic E-state index is 0.134.